The third kappa shape index (κ3) is 3.35. The van der Waals surface area contributed by atoms with Crippen LogP contribution in [0.3, 0.4) is 0 Å². The first kappa shape index (κ1) is 14.4. The van der Waals surface area contributed by atoms with Gasteiger partial charge in [0.25, 0.3) is 0 Å². The number of hydrogen-bond acceptors (Lipinski definition) is 3. The molecule has 1 aromatic heterocycles. The van der Waals surface area contributed by atoms with Crippen LogP contribution in [0.2, 0.25) is 5.15 Å². The van der Waals surface area contributed by atoms with Gasteiger partial charge in [0, 0.05) is 10.8 Å². The van der Waals surface area contributed by atoms with E-state index in [0.717, 1.165) is 21.7 Å². The Labute approximate surface area is 136 Å². The van der Waals surface area contributed by atoms with E-state index in [4.69, 9.17) is 11.6 Å². The van der Waals surface area contributed by atoms with Crippen molar-refractivity contribution in [3.63, 3.8) is 0 Å². The van der Waals surface area contributed by atoms with Gasteiger partial charge in [0.15, 0.2) is 0 Å². The van der Waals surface area contributed by atoms with Crippen molar-refractivity contribution in [1.82, 2.24) is 9.97 Å². The highest BCUT2D eigenvalue weighted by Crippen LogP contribution is 2.43. The van der Waals surface area contributed by atoms with Crippen molar-refractivity contribution in [2.24, 2.45) is 0 Å². The van der Waals surface area contributed by atoms with Gasteiger partial charge in [-0.25, -0.2) is 9.97 Å². The fraction of sp³-hybridized carbons (Fsp3) is 0.333. The maximum atomic E-state index is 6.19. The van der Waals surface area contributed by atoms with Gasteiger partial charge >= 0.3 is 0 Å². The van der Waals surface area contributed by atoms with Crippen molar-refractivity contribution in [2.45, 2.75) is 36.3 Å². The average molecular weight is 370 g/mol. The van der Waals surface area contributed by atoms with Gasteiger partial charge in [-0.1, -0.05) is 29.3 Å². The Balaban J connectivity index is 1.77. The monoisotopic (exact) mass is 368 g/mol. The van der Waals surface area contributed by atoms with Crippen molar-refractivity contribution in [2.75, 3.05) is 0 Å². The molecular formula is C15H14BrClN2S. The Morgan fingerprint density at radius 2 is 2.15 bits per heavy atom. The summed E-state index contributed by atoms with van der Waals surface area (Å²) >= 11 is 11.4. The lowest BCUT2D eigenvalue weighted by molar-refractivity contribution is 0.920. The molecule has 0 spiro atoms. The fourth-order valence-electron chi connectivity index (χ4n) is 2.03. The van der Waals surface area contributed by atoms with Crippen LogP contribution in [-0.2, 0) is 5.75 Å². The van der Waals surface area contributed by atoms with Crippen molar-refractivity contribution in [1.29, 1.82) is 0 Å². The number of aromatic nitrogens is 2. The molecular weight excluding hydrogens is 356 g/mol. The zero-order chi connectivity index (χ0) is 14.1. The number of nitrogens with zero attached hydrogens (tertiary/aromatic N) is 2. The second-order valence-corrected chi connectivity index (χ2v) is 7.21. The van der Waals surface area contributed by atoms with Crippen molar-refractivity contribution >= 4 is 39.3 Å². The third-order valence-electron chi connectivity index (χ3n) is 3.20. The molecule has 1 heterocycles. The van der Waals surface area contributed by atoms with E-state index < -0.39 is 0 Å². The molecule has 0 radical (unpaired) electrons. The summed E-state index contributed by atoms with van der Waals surface area (Å²) in [5.74, 6) is 2.12. The zero-order valence-electron chi connectivity index (χ0n) is 11.1. The summed E-state index contributed by atoms with van der Waals surface area (Å²) in [5, 5.41) is 0.529. The first-order chi connectivity index (χ1) is 9.63. The summed E-state index contributed by atoms with van der Waals surface area (Å²) in [7, 11) is 0. The number of hydrogen-bond donors (Lipinski definition) is 0. The van der Waals surface area contributed by atoms with E-state index in [1.807, 2.05) is 0 Å². The van der Waals surface area contributed by atoms with Gasteiger partial charge in [-0.2, -0.15) is 0 Å². The Bertz CT molecular complexity index is 644. The van der Waals surface area contributed by atoms with Crippen LogP contribution >= 0.6 is 39.3 Å². The van der Waals surface area contributed by atoms with E-state index in [0.29, 0.717) is 11.1 Å². The number of rotatable bonds is 4. The van der Waals surface area contributed by atoms with Gasteiger partial charge in [-0.15, -0.1) is 11.8 Å². The van der Waals surface area contributed by atoms with Gasteiger partial charge < -0.3 is 0 Å². The quantitative estimate of drug-likeness (QED) is 0.535. The van der Waals surface area contributed by atoms with Crippen LogP contribution < -0.4 is 0 Å². The highest BCUT2D eigenvalue weighted by atomic mass is 79.9. The van der Waals surface area contributed by atoms with Crippen molar-refractivity contribution < 1.29 is 0 Å². The fourth-order valence-corrected chi connectivity index (χ4v) is 3.59. The molecule has 0 aliphatic heterocycles. The molecule has 2 nitrogen and oxygen atoms in total. The standard InChI is InChI=1S/C15H14BrClN2S/c1-9-3-2-4-11(7-9)20-8-12-18-14(10-5-6-10)13(16)15(17)19-12/h2-4,7,10H,5-6,8H2,1H3. The maximum absolute atomic E-state index is 6.19. The molecule has 104 valence electrons. The smallest absolute Gasteiger partial charge is 0.147 e. The largest absolute Gasteiger partial charge is 0.235 e. The molecule has 5 heteroatoms. The van der Waals surface area contributed by atoms with Crippen LogP contribution in [-0.4, -0.2) is 9.97 Å². The Hall–Kier alpha value is -0.580. The summed E-state index contributed by atoms with van der Waals surface area (Å²) in [5.41, 5.74) is 2.34. The molecule has 20 heavy (non-hydrogen) atoms. The van der Waals surface area contributed by atoms with Crippen LogP contribution in [0.5, 0.6) is 0 Å². The molecule has 1 aliphatic rings. The molecule has 0 saturated heterocycles. The molecule has 0 N–H and O–H groups in total. The molecule has 0 atom stereocenters. The molecule has 1 saturated carbocycles. The van der Waals surface area contributed by atoms with Crippen LogP contribution in [0.15, 0.2) is 33.6 Å². The normalized spacial score (nSPS) is 14.6. The maximum Gasteiger partial charge on any atom is 0.147 e. The minimum atomic E-state index is 0.529. The topological polar surface area (TPSA) is 25.8 Å². The zero-order valence-corrected chi connectivity index (χ0v) is 14.2. The van der Waals surface area contributed by atoms with Crippen LogP contribution in [0, 0.1) is 6.92 Å². The Morgan fingerprint density at radius 3 is 2.85 bits per heavy atom. The van der Waals surface area contributed by atoms with Gasteiger partial charge in [0.05, 0.1) is 15.9 Å². The SMILES string of the molecule is Cc1cccc(SCc2nc(Cl)c(Br)c(C3CC3)n2)c1. The lowest BCUT2D eigenvalue weighted by Gasteiger charge is -2.07. The number of thioether (sulfide) groups is 1. The predicted molar refractivity (Wildman–Crippen MR) is 87.5 cm³/mol. The van der Waals surface area contributed by atoms with Crippen LogP contribution in [0.25, 0.3) is 0 Å². The second-order valence-electron chi connectivity index (χ2n) is 5.01. The number of aryl methyl sites for hydroxylation is 1. The lowest BCUT2D eigenvalue weighted by atomic mass is 10.2. The molecule has 1 aliphatic carbocycles. The van der Waals surface area contributed by atoms with E-state index in [1.54, 1.807) is 11.8 Å². The van der Waals surface area contributed by atoms with E-state index in [2.05, 4.69) is 57.1 Å². The van der Waals surface area contributed by atoms with E-state index in [1.165, 1.54) is 23.3 Å². The van der Waals surface area contributed by atoms with Gasteiger partial charge in [0.1, 0.15) is 11.0 Å². The molecule has 1 aromatic carbocycles. The molecule has 3 rings (SSSR count). The summed E-state index contributed by atoms with van der Waals surface area (Å²) in [6.45, 7) is 2.10. The average Bonchev–Trinajstić information content (AvgIpc) is 3.24. The van der Waals surface area contributed by atoms with Crippen molar-refractivity contribution in [3.05, 3.63) is 51.0 Å². The molecule has 0 amide bonds. The predicted octanol–water partition coefficient (Wildman–Crippen LogP) is 5.37. The Kier molecular flexibility index (Phi) is 4.34. The first-order valence-corrected chi connectivity index (χ1v) is 8.70. The summed E-state index contributed by atoms with van der Waals surface area (Å²) in [4.78, 5) is 10.3. The molecule has 0 unspecified atom stereocenters. The highest BCUT2D eigenvalue weighted by Gasteiger charge is 2.29. The van der Waals surface area contributed by atoms with Crippen LogP contribution in [0.1, 0.15) is 35.8 Å². The highest BCUT2D eigenvalue weighted by molar-refractivity contribution is 9.10. The molecule has 1 fully saturated rings. The van der Waals surface area contributed by atoms with Gasteiger partial charge in [-0.05, 0) is 47.8 Å². The third-order valence-corrected chi connectivity index (χ3v) is 5.48. The molecule has 2 aromatic rings. The number of halogens is 2. The van der Waals surface area contributed by atoms with Crippen molar-refractivity contribution in [3.8, 4) is 0 Å². The molecule has 0 bridgehead atoms. The minimum absolute atomic E-state index is 0.529. The van der Waals surface area contributed by atoms with Gasteiger partial charge in [-0.3, -0.25) is 0 Å². The van der Waals surface area contributed by atoms with Crippen LogP contribution in [0.4, 0.5) is 0 Å². The minimum Gasteiger partial charge on any atom is -0.235 e. The van der Waals surface area contributed by atoms with Gasteiger partial charge in [0.2, 0.25) is 0 Å². The number of benzene rings is 1. The summed E-state index contributed by atoms with van der Waals surface area (Å²) in [6, 6.07) is 8.46. The first-order valence-electron chi connectivity index (χ1n) is 6.55. The van der Waals surface area contributed by atoms with E-state index in [9.17, 15) is 0 Å². The second kappa shape index (κ2) is 6.04. The van der Waals surface area contributed by atoms with E-state index >= 15 is 0 Å². The lowest BCUT2D eigenvalue weighted by Crippen LogP contribution is -1.99. The summed E-state index contributed by atoms with van der Waals surface area (Å²) in [6.07, 6.45) is 2.41. The summed E-state index contributed by atoms with van der Waals surface area (Å²) < 4.78 is 0.867. The van der Waals surface area contributed by atoms with E-state index in [-0.39, 0.29) is 0 Å². The Morgan fingerprint density at radius 1 is 1.35 bits per heavy atom.